The second-order valence-corrected chi connectivity index (χ2v) is 5.94. The van der Waals surface area contributed by atoms with Crippen LogP contribution in [0.25, 0.3) is 0 Å². The molecule has 1 aromatic heterocycles. The fourth-order valence-electron chi connectivity index (χ4n) is 3.10. The number of hydrogen-bond donors (Lipinski definition) is 1. The van der Waals surface area contributed by atoms with Gasteiger partial charge in [-0.25, -0.2) is 0 Å². The van der Waals surface area contributed by atoms with E-state index in [1.54, 1.807) is 13.3 Å². The minimum Gasteiger partial charge on any atom is -0.493 e. The van der Waals surface area contributed by atoms with Gasteiger partial charge in [-0.05, 0) is 31.0 Å². The van der Waals surface area contributed by atoms with Gasteiger partial charge in [0.2, 0.25) is 5.91 Å². The third kappa shape index (κ3) is 3.88. The number of H-pyrrole nitrogens is 1. The first-order valence-electron chi connectivity index (χ1n) is 8.31. The van der Waals surface area contributed by atoms with Crippen molar-refractivity contribution in [2.75, 3.05) is 26.8 Å². The van der Waals surface area contributed by atoms with E-state index in [1.165, 1.54) is 0 Å². The first-order chi connectivity index (χ1) is 11.8. The molecule has 1 N–H and O–H groups in total. The van der Waals surface area contributed by atoms with Gasteiger partial charge in [0.25, 0.3) is 0 Å². The normalized spacial score (nSPS) is 17.5. The Bertz CT molecular complexity index is 657. The highest BCUT2D eigenvalue weighted by Gasteiger charge is 2.25. The molecule has 1 saturated heterocycles. The molecule has 0 spiro atoms. The molecule has 0 aliphatic carbocycles. The Hall–Kier alpha value is -2.50. The van der Waals surface area contributed by atoms with Gasteiger partial charge >= 0.3 is 0 Å². The van der Waals surface area contributed by atoms with Crippen LogP contribution in [0.4, 0.5) is 0 Å². The van der Waals surface area contributed by atoms with E-state index in [0.717, 1.165) is 31.6 Å². The van der Waals surface area contributed by atoms with Crippen molar-refractivity contribution in [3.05, 3.63) is 42.2 Å². The predicted octanol–water partition coefficient (Wildman–Crippen LogP) is 2.59. The fourth-order valence-corrected chi connectivity index (χ4v) is 3.10. The zero-order valence-corrected chi connectivity index (χ0v) is 13.9. The number of rotatable bonds is 6. The van der Waals surface area contributed by atoms with Gasteiger partial charge in [-0.1, -0.05) is 12.1 Å². The van der Waals surface area contributed by atoms with Gasteiger partial charge in [-0.3, -0.25) is 9.89 Å². The third-order valence-corrected chi connectivity index (χ3v) is 4.38. The number of amides is 1. The topological polar surface area (TPSA) is 67.5 Å². The fraction of sp³-hybridized carbons (Fsp3) is 0.444. The number of aromatic amines is 1. The smallest absolute Gasteiger partial charge is 0.226 e. The Morgan fingerprint density at radius 2 is 2.17 bits per heavy atom. The van der Waals surface area contributed by atoms with Crippen molar-refractivity contribution in [3.8, 4) is 11.5 Å². The monoisotopic (exact) mass is 329 g/mol. The SMILES string of the molecule is COc1ccccc1OCCC(=O)N1CCC[C@@H](c2ccn[nH]2)C1. The number of methoxy groups -OCH3 is 1. The minimum atomic E-state index is 0.133. The Morgan fingerprint density at radius 1 is 1.33 bits per heavy atom. The summed E-state index contributed by atoms with van der Waals surface area (Å²) in [7, 11) is 1.61. The van der Waals surface area contributed by atoms with Gasteiger partial charge in [-0.2, -0.15) is 5.10 Å². The molecule has 1 aliphatic rings. The highest BCUT2D eigenvalue weighted by atomic mass is 16.5. The van der Waals surface area contributed by atoms with Gasteiger partial charge in [0.1, 0.15) is 0 Å². The Kier molecular flexibility index (Phi) is 5.36. The molecule has 1 aliphatic heterocycles. The van der Waals surface area contributed by atoms with Gasteiger partial charge in [0, 0.05) is 30.9 Å². The Balaban J connectivity index is 1.50. The average Bonchev–Trinajstić information content (AvgIpc) is 3.17. The number of nitrogens with one attached hydrogen (secondary N) is 1. The quantitative estimate of drug-likeness (QED) is 0.884. The lowest BCUT2D eigenvalue weighted by Gasteiger charge is -2.32. The van der Waals surface area contributed by atoms with Crippen LogP contribution in [-0.2, 0) is 4.79 Å². The summed E-state index contributed by atoms with van der Waals surface area (Å²) in [6, 6.07) is 9.46. The van der Waals surface area contributed by atoms with Crippen molar-refractivity contribution in [1.29, 1.82) is 0 Å². The summed E-state index contributed by atoms with van der Waals surface area (Å²) in [6.07, 6.45) is 4.23. The third-order valence-electron chi connectivity index (χ3n) is 4.38. The number of carbonyl (C=O) groups is 1. The maximum absolute atomic E-state index is 12.4. The molecule has 3 rings (SSSR count). The second kappa shape index (κ2) is 7.86. The molecule has 6 nitrogen and oxygen atoms in total. The van der Waals surface area contributed by atoms with Crippen LogP contribution in [0.15, 0.2) is 36.5 Å². The van der Waals surface area contributed by atoms with Crippen molar-refractivity contribution in [2.45, 2.75) is 25.2 Å². The van der Waals surface area contributed by atoms with Crippen LogP contribution in [0.1, 0.15) is 30.9 Å². The lowest BCUT2D eigenvalue weighted by molar-refractivity contribution is -0.132. The van der Waals surface area contributed by atoms with E-state index < -0.39 is 0 Å². The number of piperidine rings is 1. The molecule has 1 aromatic carbocycles. The molecular weight excluding hydrogens is 306 g/mol. The Morgan fingerprint density at radius 3 is 2.92 bits per heavy atom. The largest absolute Gasteiger partial charge is 0.493 e. The zero-order valence-electron chi connectivity index (χ0n) is 13.9. The molecule has 2 aromatic rings. The molecule has 24 heavy (non-hydrogen) atoms. The van der Waals surface area contributed by atoms with Crippen LogP contribution < -0.4 is 9.47 Å². The number of carbonyl (C=O) groups excluding carboxylic acids is 1. The van der Waals surface area contributed by atoms with Crippen LogP contribution in [-0.4, -0.2) is 47.8 Å². The maximum Gasteiger partial charge on any atom is 0.226 e. The summed E-state index contributed by atoms with van der Waals surface area (Å²) in [5, 5.41) is 7.02. The number of aromatic nitrogens is 2. The number of benzene rings is 1. The second-order valence-electron chi connectivity index (χ2n) is 5.94. The van der Waals surface area contributed by atoms with E-state index in [0.29, 0.717) is 30.4 Å². The van der Waals surface area contributed by atoms with Gasteiger partial charge in [-0.15, -0.1) is 0 Å². The van der Waals surface area contributed by atoms with Crippen molar-refractivity contribution in [3.63, 3.8) is 0 Å². The summed E-state index contributed by atoms with van der Waals surface area (Å²) in [5.41, 5.74) is 1.11. The predicted molar refractivity (Wildman–Crippen MR) is 90.2 cm³/mol. The number of para-hydroxylation sites is 2. The van der Waals surface area contributed by atoms with Crippen LogP contribution >= 0.6 is 0 Å². The van der Waals surface area contributed by atoms with E-state index in [4.69, 9.17) is 9.47 Å². The molecular formula is C18H23N3O3. The van der Waals surface area contributed by atoms with Crippen molar-refractivity contribution < 1.29 is 14.3 Å². The van der Waals surface area contributed by atoms with E-state index in [1.807, 2.05) is 35.2 Å². The molecule has 6 heteroatoms. The minimum absolute atomic E-state index is 0.133. The van der Waals surface area contributed by atoms with Crippen molar-refractivity contribution in [1.82, 2.24) is 15.1 Å². The summed E-state index contributed by atoms with van der Waals surface area (Å²) in [4.78, 5) is 14.4. The zero-order chi connectivity index (χ0) is 16.8. The number of ether oxygens (including phenoxy) is 2. The first kappa shape index (κ1) is 16.4. The number of hydrogen-bond acceptors (Lipinski definition) is 4. The highest BCUT2D eigenvalue weighted by molar-refractivity contribution is 5.76. The lowest BCUT2D eigenvalue weighted by Crippen LogP contribution is -2.39. The molecule has 0 bridgehead atoms. The van der Waals surface area contributed by atoms with E-state index >= 15 is 0 Å². The standard InChI is InChI=1S/C18H23N3O3/c1-23-16-6-2-3-7-17(16)24-12-9-18(22)21-11-4-5-14(13-21)15-8-10-19-20-15/h2-3,6-8,10,14H,4-5,9,11-13H2,1H3,(H,19,20)/t14-/m1/s1. The average molecular weight is 329 g/mol. The Labute approximate surface area is 141 Å². The molecule has 1 fully saturated rings. The maximum atomic E-state index is 12.4. The molecule has 0 saturated carbocycles. The van der Waals surface area contributed by atoms with Gasteiger partial charge in [0.15, 0.2) is 11.5 Å². The summed E-state index contributed by atoms with van der Waals surface area (Å²) < 4.78 is 10.9. The van der Waals surface area contributed by atoms with E-state index in [2.05, 4.69) is 10.2 Å². The molecule has 0 radical (unpaired) electrons. The summed E-state index contributed by atoms with van der Waals surface area (Å²) in [5.74, 6) is 1.83. The highest BCUT2D eigenvalue weighted by Crippen LogP contribution is 2.27. The molecule has 0 unspecified atom stereocenters. The summed E-state index contributed by atoms with van der Waals surface area (Å²) in [6.45, 7) is 1.91. The number of nitrogens with zero attached hydrogens (tertiary/aromatic N) is 2. The molecule has 1 atom stereocenters. The van der Waals surface area contributed by atoms with Gasteiger partial charge in [0.05, 0.1) is 20.1 Å². The number of likely N-dealkylation sites (tertiary alicyclic amines) is 1. The van der Waals surface area contributed by atoms with Crippen molar-refractivity contribution in [2.24, 2.45) is 0 Å². The van der Waals surface area contributed by atoms with Crippen molar-refractivity contribution >= 4 is 5.91 Å². The molecule has 2 heterocycles. The van der Waals surface area contributed by atoms with Crippen LogP contribution in [0.2, 0.25) is 0 Å². The van der Waals surface area contributed by atoms with Crippen LogP contribution in [0.3, 0.4) is 0 Å². The lowest BCUT2D eigenvalue weighted by atomic mass is 9.95. The van der Waals surface area contributed by atoms with Crippen LogP contribution in [0.5, 0.6) is 11.5 Å². The van der Waals surface area contributed by atoms with E-state index in [9.17, 15) is 4.79 Å². The van der Waals surface area contributed by atoms with Crippen LogP contribution in [0, 0.1) is 0 Å². The van der Waals surface area contributed by atoms with Gasteiger partial charge < -0.3 is 14.4 Å². The first-order valence-corrected chi connectivity index (χ1v) is 8.31. The molecule has 1 amide bonds. The molecule has 128 valence electrons. The van der Waals surface area contributed by atoms with E-state index in [-0.39, 0.29) is 5.91 Å². The summed E-state index contributed by atoms with van der Waals surface area (Å²) >= 11 is 0.